The summed E-state index contributed by atoms with van der Waals surface area (Å²) in [5, 5.41) is 3.55. The molecule has 208 valence electrons. The van der Waals surface area contributed by atoms with Crippen LogP contribution in [0.3, 0.4) is 0 Å². The highest BCUT2D eigenvalue weighted by atomic mass is 35.5. The molecule has 0 fully saturated rings. The first-order valence-corrected chi connectivity index (χ1v) is 14.8. The van der Waals surface area contributed by atoms with Crippen molar-refractivity contribution in [3.05, 3.63) is 93.5 Å². The van der Waals surface area contributed by atoms with Crippen molar-refractivity contribution in [2.24, 2.45) is 0 Å². The number of rotatable bonds is 11. The minimum Gasteiger partial charge on any atom is -0.355 e. The van der Waals surface area contributed by atoms with Gasteiger partial charge in [0.2, 0.25) is 11.8 Å². The molecule has 3 aromatic carbocycles. The quantitative estimate of drug-likeness (QED) is 0.308. The van der Waals surface area contributed by atoms with E-state index in [1.165, 1.54) is 23.1 Å². The molecule has 0 saturated heterocycles. The summed E-state index contributed by atoms with van der Waals surface area (Å²) in [5.74, 6) is -0.879. The molecule has 0 aliphatic carbocycles. The molecule has 0 spiro atoms. The number of nitrogens with one attached hydrogen (secondary N) is 1. The summed E-state index contributed by atoms with van der Waals surface area (Å²) in [4.78, 5) is 28.5. The monoisotopic (exact) mass is 589 g/mol. The summed E-state index contributed by atoms with van der Waals surface area (Å²) < 4.78 is 29.0. The number of hydrogen-bond donors (Lipinski definition) is 1. The highest BCUT2D eigenvalue weighted by Gasteiger charge is 2.34. The van der Waals surface area contributed by atoms with Gasteiger partial charge in [0.1, 0.15) is 12.6 Å². The van der Waals surface area contributed by atoms with Crippen LogP contribution in [0.25, 0.3) is 0 Å². The molecule has 0 aromatic heterocycles. The molecule has 0 heterocycles. The highest BCUT2D eigenvalue weighted by Crippen LogP contribution is 2.30. The van der Waals surface area contributed by atoms with E-state index in [9.17, 15) is 18.0 Å². The van der Waals surface area contributed by atoms with Crippen molar-refractivity contribution in [2.45, 2.75) is 51.6 Å². The van der Waals surface area contributed by atoms with Gasteiger partial charge in [-0.3, -0.25) is 13.9 Å². The van der Waals surface area contributed by atoms with Gasteiger partial charge >= 0.3 is 0 Å². The molecule has 3 aromatic rings. The molecule has 7 nitrogen and oxygen atoms in total. The van der Waals surface area contributed by atoms with E-state index < -0.39 is 28.5 Å². The van der Waals surface area contributed by atoms with E-state index in [4.69, 9.17) is 23.2 Å². The molecule has 1 atom stereocenters. The van der Waals surface area contributed by atoms with Gasteiger partial charge in [0.05, 0.1) is 10.6 Å². The van der Waals surface area contributed by atoms with Crippen LogP contribution < -0.4 is 9.62 Å². The van der Waals surface area contributed by atoms with E-state index >= 15 is 0 Å². The van der Waals surface area contributed by atoms with Gasteiger partial charge in [-0.1, -0.05) is 72.1 Å². The van der Waals surface area contributed by atoms with Crippen LogP contribution in [-0.4, -0.2) is 44.3 Å². The molecule has 0 radical (unpaired) electrons. The SMILES string of the molecule is CCNC(=O)[C@@H](CC)N(Cc1ccccc1Cl)C(=O)CN(c1cc(Cl)ccc1C)S(=O)(=O)c1ccc(C)cc1. The normalized spacial score (nSPS) is 12.1. The first-order chi connectivity index (χ1) is 18.5. The molecule has 0 aliphatic rings. The molecule has 0 saturated carbocycles. The molecule has 0 unspecified atom stereocenters. The average Bonchev–Trinajstić information content (AvgIpc) is 2.90. The maximum Gasteiger partial charge on any atom is 0.264 e. The fraction of sp³-hybridized carbons (Fsp3) is 0.310. The molecule has 1 N–H and O–H groups in total. The smallest absolute Gasteiger partial charge is 0.264 e. The predicted octanol–water partition coefficient (Wildman–Crippen LogP) is 5.75. The van der Waals surface area contributed by atoms with Crippen molar-refractivity contribution in [1.29, 1.82) is 0 Å². The topological polar surface area (TPSA) is 86.8 Å². The highest BCUT2D eigenvalue weighted by molar-refractivity contribution is 7.92. The van der Waals surface area contributed by atoms with Crippen molar-refractivity contribution in [3.8, 4) is 0 Å². The van der Waals surface area contributed by atoms with Crippen LogP contribution in [-0.2, 0) is 26.2 Å². The van der Waals surface area contributed by atoms with Crippen molar-refractivity contribution in [2.75, 3.05) is 17.4 Å². The van der Waals surface area contributed by atoms with E-state index in [0.717, 1.165) is 9.87 Å². The molecule has 0 bridgehead atoms. The van der Waals surface area contributed by atoms with Gasteiger partial charge in [0.15, 0.2) is 0 Å². The third kappa shape index (κ3) is 7.32. The zero-order valence-electron chi connectivity index (χ0n) is 22.4. The van der Waals surface area contributed by atoms with Crippen LogP contribution in [0.4, 0.5) is 5.69 Å². The van der Waals surface area contributed by atoms with Crippen molar-refractivity contribution >= 4 is 50.7 Å². The number of amides is 2. The molecular weight excluding hydrogens is 557 g/mol. The predicted molar refractivity (Wildman–Crippen MR) is 157 cm³/mol. The Balaban J connectivity index is 2.12. The largest absolute Gasteiger partial charge is 0.355 e. The number of carbonyl (C=O) groups excluding carboxylic acids is 2. The summed E-state index contributed by atoms with van der Waals surface area (Å²) in [7, 11) is -4.18. The Morgan fingerprint density at radius 1 is 0.949 bits per heavy atom. The first kappa shape index (κ1) is 30.5. The summed E-state index contributed by atoms with van der Waals surface area (Å²) in [6, 6.07) is 17.5. The number of aryl methyl sites for hydroxylation is 2. The fourth-order valence-corrected chi connectivity index (χ4v) is 6.06. The number of halogens is 2. The number of likely N-dealkylation sites (N-methyl/N-ethyl adjacent to an activating group) is 1. The van der Waals surface area contributed by atoms with Crippen LogP contribution in [0.2, 0.25) is 10.0 Å². The second-order valence-corrected chi connectivity index (χ2v) is 11.9. The zero-order valence-corrected chi connectivity index (χ0v) is 24.8. The minimum absolute atomic E-state index is 0.0289. The van der Waals surface area contributed by atoms with Gasteiger partial charge in [0.25, 0.3) is 10.0 Å². The van der Waals surface area contributed by atoms with Gasteiger partial charge in [-0.15, -0.1) is 0 Å². The van der Waals surface area contributed by atoms with Crippen LogP contribution >= 0.6 is 23.2 Å². The summed E-state index contributed by atoms with van der Waals surface area (Å²) in [6.45, 7) is 7.08. The van der Waals surface area contributed by atoms with Crippen LogP contribution in [0.1, 0.15) is 37.0 Å². The molecule has 10 heteroatoms. The number of hydrogen-bond acceptors (Lipinski definition) is 4. The summed E-state index contributed by atoms with van der Waals surface area (Å²) >= 11 is 12.7. The molecular formula is C29H33Cl2N3O4S. The number of carbonyl (C=O) groups is 2. The van der Waals surface area contributed by atoms with Gasteiger partial charge in [0, 0.05) is 23.1 Å². The Hall–Kier alpha value is -3.07. The Morgan fingerprint density at radius 3 is 2.23 bits per heavy atom. The van der Waals surface area contributed by atoms with E-state index in [1.54, 1.807) is 69.3 Å². The number of nitrogens with zero attached hydrogens (tertiary/aromatic N) is 2. The zero-order chi connectivity index (χ0) is 28.7. The van der Waals surface area contributed by atoms with Crippen molar-refractivity contribution in [1.82, 2.24) is 10.2 Å². The number of sulfonamides is 1. The number of anilines is 1. The lowest BCUT2D eigenvalue weighted by Crippen LogP contribution is -2.52. The van der Waals surface area contributed by atoms with Gasteiger partial charge in [-0.2, -0.15) is 0 Å². The number of benzene rings is 3. The summed E-state index contributed by atoms with van der Waals surface area (Å²) in [5.41, 5.74) is 2.44. The maximum absolute atomic E-state index is 14.0. The fourth-order valence-electron chi connectivity index (χ4n) is 4.22. The molecule has 2 amide bonds. The van der Waals surface area contributed by atoms with Crippen LogP contribution in [0, 0.1) is 13.8 Å². The second kappa shape index (κ2) is 13.3. The maximum atomic E-state index is 14.0. The standard InChI is InChI=1S/C29H33Cl2N3O4S/c1-5-26(29(36)32-6-2)33(18-22-9-7-8-10-25(22)31)28(35)19-34(27-17-23(30)14-13-21(27)4)39(37,38)24-15-11-20(3)12-16-24/h7-17,26H,5-6,18-19H2,1-4H3,(H,32,36)/t26-/m1/s1. The molecule has 0 aliphatic heterocycles. The first-order valence-electron chi connectivity index (χ1n) is 12.7. The molecule has 39 heavy (non-hydrogen) atoms. The minimum atomic E-state index is -4.18. The Kier molecular flexibility index (Phi) is 10.4. The van der Waals surface area contributed by atoms with Crippen LogP contribution in [0.5, 0.6) is 0 Å². The lowest BCUT2D eigenvalue weighted by atomic mass is 10.1. The third-order valence-corrected chi connectivity index (χ3v) is 8.74. The second-order valence-electron chi connectivity index (χ2n) is 9.19. The van der Waals surface area contributed by atoms with Crippen molar-refractivity contribution < 1.29 is 18.0 Å². The van der Waals surface area contributed by atoms with E-state index in [0.29, 0.717) is 34.1 Å². The van der Waals surface area contributed by atoms with E-state index in [2.05, 4.69) is 5.32 Å². The Labute approximate surface area is 240 Å². The summed E-state index contributed by atoms with van der Waals surface area (Å²) in [6.07, 6.45) is 0.322. The van der Waals surface area contributed by atoms with E-state index in [-0.39, 0.29) is 23.0 Å². The van der Waals surface area contributed by atoms with Crippen molar-refractivity contribution in [3.63, 3.8) is 0 Å². The lowest BCUT2D eigenvalue weighted by molar-refractivity contribution is -0.140. The van der Waals surface area contributed by atoms with Gasteiger partial charge < -0.3 is 10.2 Å². The Morgan fingerprint density at radius 2 is 1.62 bits per heavy atom. The molecule has 3 rings (SSSR count). The van der Waals surface area contributed by atoms with Crippen LogP contribution in [0.15, 0.2) is 71.6 Å². The van der Waals surface area contributed by atoms with Gasteiger partial charge in [-0.05, 0) is 68.7 Å². The van der Waals surface area contributed by atoms with Gasteiger partial charge in [-0.25, -0.2) is 8.42 Å². The third-order valence-electron chi connectivity index (χ3n) is 6.36. The lowest BCUT2D eigenvalue weighted by Gasteiger charge is -2.33. The van der Waals surface area contributed by atoms with E-state index in [1.807, 2.05) is 6.92 Å². The average molecular weight is 591 g/mol. The Bertz CT molecular complexity index is 1430.